The monoisotopic (exact) mass is 891 g/mol. The molecule has 3 aliphatic rings. The SMILES string of the molecule is CC[C@H]1OC(=O)[C@H](C)[C@@H](C2C[C@@](C)(OC)[C@@H](O)[C@H](C)O2)[C@H](C)[C@@H](O[C@@H]2O[C@H](C)C[C@H](N(C)CCc3cn(-c4cccnc4)nn3)[C@H]2O)[C@](C)(O)C[C@@H](C)CN(C)[C@H](C)[C@@H](O)[C@]1(C)O. The first-order valence-electron chi connectivity index (χ1n) is 22.9. The van der Waals surface area contributed by atoms with Crippen LogP contribution in [0.15, 0.2) is 30.7 Å². The zero-order valence-corrected chi connectivity index (χ0v) is 39.9. The van der Waals surface area contributed by atoms with Gasteiger partial charge >= 0.3 is 5.97 Å². The second-order valence-corrected chi connectivity index (χ2v) is 19.9. The molecular weight excluding hydrogens is 813 g/mol. The Morgan fingerprint density at radius 2 is 1.71 bits per heavy atom. The first-order valence-corrected chi connectivity index (χ1v) is 22.9. The zero-order valence-electron chi connectivity index (χ0n) is 39.9. The number of aromatic nitrogens is 4. The Morgan fingerprint density at radius 3 is 2.35 bits per heavy atom. The average Bonchev–Trinajstić information content (AvgIpc) is 3.72. The van der Waals surface area contributed by atoms with Crippen LogP contribution in [-0.2, 0) is 34.9 Å². The van der Waals surface area contributed by atoms with Crippen molar-refractivity contribution in [3.63, 3.8) is 0 Å². The molecule has 2 aromatic heterocycles. The summed E-state index contributed by atoms with van der Waals surface area (Å²) >= 11 is 0. The fourth-order valence-electron chi connectivity index (χ4n) is 10.7. The predicted molar refractivity (Wildman–Crippen MR) is 235 cm³/mol. The maximum atomic E-state index is 14.5. The number of hydrogen-bond donors (Lipinski definition) is 5. The van der Waals surface area contributed by atoms with Crippen LogP contribution in [0.25, 0.3) is 5.69 Å². The van der Waals surface area contributed by atoms with Crippen LogP contribution >= 0.6 is 0 Å². The third-order valence-electron chi connectivity index (χ3n) is 14.6. The second kappa shape index (κ2) is 20.9. The van der Waals surface area contributed by atoms with Gasteiger partial charge in [0.1, 0.15) is 30.0 Å². The normalized spacial score (nSPS) is 43.0. The lowest BCUT2D eigenvalue weighted by atomic mass is 9.68. The molecule has 5 N–H and O–H groups in total. The zero-order chi connectivity index (χ0) is 46.8. The molecule has 0 aromatic carbocycles. The number of hydrogen-bond acceptors (Lipinski definition) is 16. The van der Waals surface area contributed by atoms with E-state index >= 15 is 0 Å². The van der Waals surface area contributed by atoms with E-state index in [0.29, 0.717) is 25.9 Å². The van der Waals surface area contributed by atoms with Gasteiger partial charge in [-0.2, -0.15) is 0 Å². The van der Waals surface area contributed by atoms with Crippen molar-refractivity contribution in [3.8, 4) is 5.69 Å². The van der Waals surface area contributed by atoms with E-state index < -0.39 is 95.6 Å². The van der Waals surface area contributed by atoms with Crippen LogP contribution in [0, 0.1) is 23.7 Å². The quantitative estimate of drug-likeness (QED) is 0.217. The number of aliphatic hydroxyl groups excluding tert-OH is 3. The molecule has 3 aliphatic heterocycles. The van der Waals surface area contributed by atoms with Crippen molar-refractivity contribution in [3.05, 3.63) is 36.4 Å². The van der Waals surface area contributed by atoms with Gasteiger partial charge in [-0.15, -0.1) is 5.10 Å². The lowest BCUT2D eigenvalue weighted by Gasteiger charge is -2.51. The van der Waals surface area contributed by atoms with E-state index in [1.807, 2.05) is 71.9 Å². The molecular formula is C46H78N6O11. The van der Waals surface area contributed by atoms with Crippen molar-refractivity contribution in [2.45, 2.75) is 185 Å². The molecule has 3 saturated heterocycles. The van der Waals surface area contributed by atoms with Gasteiger partial charge in [-0.25, -0.2) is 4.68 Å². The number of rotatable bonds is 10. The Kier molecular flexibility index (Phi) is 17.0. The van der Waals surface area contributed by atoms with Crippen molar-refractivity contribution in [1.29, 1.82) is 0 Å². The van der Waals surface area contributed by atoms with Gasteiger partial charge in [-0.1, -0.05) is 32.9 Å². The Bertz CT molecular complexity index is 1750. The highest BCUT2D eigenvalue weighted by Gasteiger charge is 2.55. The van der Waals surface area contributed by atoms with Crippen LogP contribution in [0.3, 0.4) is 0 Å². The summed E-state index contributed by atoms with van der Waals surface area (Å²) < 4.78 is 33.8. The van der Waals surface area contributed by atoms with E-state index in [1.165, 1.54) is 14.0 Å². The standard InChI is InChI=1S/C46H78N6O11/c1-14-36-46(10,58)39(54)30(6)51(12)24-26(2)21-44(8,57)41(28(4)37(29(5)42(56)62-36)35-22-45(9,59-13)40(55)31(7)61-35)63-43-38(53)34(20-27(3)60-43)50(11)19-17-32-25-52(49-48-32)33-16-15-18-47-23-33/h15-16,18,23,25-31,34-41,43,53-55,57-58H,14,17,19-22,24H2,1-13H3/t26-,27-,28+,29-,30-,31+,34+,35?,36-,37+,38-,39-,40+,41-,43+,44-,45-,46-/m1/s1. The highest BCUT2D eigenvalue weighted by Crippen LogP contribution is 2.45. The smallest absolute Gasteiger partial charge is 0.309 e. The summed E-state index contributed by atoms with van der Waals surface area (Å²) in [6.45, 7) is 19.0. The highest BCUT2D eigenvalue weighted by molar-refractivity contribution is 5.73. The van der Waals surface area contributed by atoms with Crippen molar-refractivity contribution < 1.29 is 54.0 Å². The number of carbonyl (C=O) groups excluding carboxylic acids is 1. The fraction of sp³-hybridized carbons (Fsp3) is 0.826. The molecule has 17 nitrogen and oxygen atoms in total. The van der Waals surface area contributed by atoms with E-state index in [4.69, 9.17) is 23.7 Å². The number of nitrogens with zero attached hydrogens (tertiary/aromatic N) is 6. The molecule has 0 radical (unpaired) electrons. The molecule has 63 heavy (non-hydrogen) atoms. The Hall–Kier alpha value is -2.68. The molecule has 0 spiro atoms. The molecule has 0 amide bonds. The topological polar surface area (TPSA) is 214 Å². The lowest BCUT2D eigenvalue weighted by molar-refractivity contribution is -0.302. The maximum absolute atomic E-state index is 14.5. The number of esters is 1. The number of likely N-dealkylation sites (N-methyl/N-ethyl adjacent to an activating group) is 2. The molecule has 0 aliphatic carbocycles. The summed E-state index contributed by atoms with van der Waals surface area (Å²) in [6, 6.07) is 2.80. The third kappa shape index (κ3) is 11.5. The minimum Gasteiger partial charge on any atom is -0.459 e. The van der Waals surface area contributed by atoms with Crippen molar-refractivity contribution in [2.24, 2.45) is 23.7 Å². The van der Waals surface area contributed by atoms with Gasteiger partial charge in [0.05, 0.1) is 65.3 Å². The fourth-order valence-corrected chi connectivity index (χ4v) is 10.7. The summed E-state index contributed by atoms with van der Waals surface area (Å²) in [5, 5.41) is 68.4. The van der Waals surface area contributed by atoms with Gasteiger partial charge < -0.3 is 59.0 Å². The minimum atomic E-state index is -1.80. The van der Waals surface area contributed by atoms with E-state index in [1.54, 1.807) is 44.8 Å². The first kappa shape index (κ1) is 51.3. The highest BCUT2D eigenvalue weighted by atomic mass is 16.7. The van der Waals surface area contributed by atoms with Gasteiger partial charge in [-0.05, 0) is 98.9 Å². The van der Waals surface area contributed by atoms with E-state index in [2.05, 4.69) is 20.2 Å². The number of carbonyl (C=O) groups is 1. The summed E-state index contributed by atoms with van der Waals surface area (Å²) in [4.78, 5) is 22.7. The van der Waals surface area contributed by atoms with Gasteiger partial charge in [0.15, 0.2) is 6.29 Å². The lowest BCUT2D eigenvalue weighted by Crippen LogP contribution is -2.62. The number of pyridine rings is 1. The van der Waals surface area contributed by atoms with Crippen molar-refractivity contribution >= 4 is 5.97 Å². The third-order valence-corrected chi connectivity index (χ3v) is 14.6. The second-order valence-electron chi connectivity index (χ2n) is 19.9. The van der Waals surface area contributed by atoms with Crippen molar-refractivity contribution in [2.75, 3.05) is 34.3 Å². The van der Waals surface area contributed by atoms with Crippen LogP contribution in [-0.4, -0.2) is 180 Å². The van der Waals surface area contributed by atoms with Gasteiger partial charge in [0, 0.05) is 57.2 Å². The molecule has 5 rings (SSSR count). The predicted octanol–water partition coefficient (Wildman–Crippen LogP) is 2.76. The molecule has 17 heteroatoms. The largest absolute Gasteiger partial charge is 0.459 e. The van der Waals surface area contributed by atoms with Crippen LogP contribution in [0.2, 0.25) is 0 Å². The minimum absolute atomic E-state index is 0.159. The summed E-state index contributed by atoms with van der Waals surface area (Å²) in [6.07, 6.45) is -1.34. The van der Waals surface area contributed by atoms with Gasteiger partial charge in [-0.3, -0.25) is 9.78 Å². The summed E-state index contributed by atoms with van der Waals surface area (Å²) in [5.74, 6) is -3.08. The Morgan fingerprint density at radius 1 is 1.02 bits per heavy atom. The Balaban J connectivity index is 1.51. The molecule has 0 saturated carbocycles. The maximum Gasteiger partial charge on any atom is 0.309 e. The average molecular weight is 891 g/mol. The van der Waals surface area contributed by atoms with Crippen molar-refractivity contribution in [1.82, 2.24) is 29.8 Å². The van der Waals surface area contributed by atoms with Crippen LogP contribution in [0.5, 0.6) is 0 Å². The number of methoxy groups -OCH3 is 1. The summed E-state index contributed by atoms with van der Waals surface area (Å²) in [7, 11) is 5.33. The van der Waals surface area contributed by atoms with Crippen LogP contribution < -0.4 is 0 Å². The number of ether oxygens (including phenoxy) is 5. The number of cyclic esters (lactones) is 1. The van der Waals surface area contributed by atoms with Crippen LogP contribution in [0.1, 0.15) is 101 Å². The molecule has 5 heterocycles. The van der Waals surface area contributed by atoms with Crippen LogP contribution in [0.4, 0.5) is 0 Å². The number of aliphatic hydroxyl groups is 5. The molecule has 358 valence electrons. The van der Waals surface area contributed by atoms with E-state index in [0.717, 1.165) is 11.4 Å². The van der Waals surface area contributed by atoms with E-state index in [-0.39, 0.29) is 37.3 Å². The Labute approximate surface area is 374 Å². The molecule has 2 aromatic rings. The van der Waals surface area contributed by atoms with E-state index in [9.17, 15) is 30.3 Å². The van der Waals surface area contributed by atoms with Gasteiger partial charge in [0.25, 0.3) is 0 Å². The first-order chi connectivity index (χ1) is 29.4. The molecule has 18 atom stereocenters. The molecule has 1 unspecified atom stereocenters. The molecule has 0 bridgehead atoms. The summed E-state index contributed by atoms with van der Waals surface area (Å²) in [5.41, 5.74) is -2.84. The molecule has 3 fully saturated rings. The van der Waals surface area contributed by atoms with Gasteiger partial charge in [0.2, 0.25) is 0 Å².